The van der Waals surface area contributed by atoms with Crippen molar-refractivity contribution in [2.24, 2.45) is 5.73 Å². The van der Waals surface area contributed by atoms with Crippen molar-refractivity contribution in [3.63, 3.8) is 0 Å². The van der Waals surface area contributed by atoms with Crippen molar-refractivity contribution in [3.05, 3.63) is 22.2 Å². The molecular formula is C11H12BrNO3. The quantitative estimate of drug-likeness (QED) is 0.871. The molecule has 0 aliphatic carbocycles. The highest BCUT2D eigenvalue weighted by molar-refractivity contribution is 9.10. The van der Waals surface area contributed by atoms with Gasteiger partial charge >= 0.3 is 0 Å². The van der Waals surface area contributed by atoms with Gasteiger partial charge in [0, 0.05) is 12.6 Å². The second kappa shape index (κ2) is 4.76. The number of hydrogen-bond donors (Lipinski definition) is 2. The molecule has 0 radical (unpaired) electrons. The maximum Gasteiger partial charge on any atom is 0.172 e. The lowest BCUT2D eigenvalue weighted by molar-refractivity contribution is 0.170. The summed E-state index contributed by atoms with van der Waals surface area (Å²) in [7, 11) is 0. The zero-order chi connectivity index (χ0) is 11.5. The average Bonchev–Trinajstić information content (AvgIpc) is 2.30. The predicted molar refractivity (Wildman–Crippen MR) is 64.9 cm³/mol. The van der Waals surface area contributed by atoms with Gasteiger partial charge in [0.1, 0.15) is 19.0 Å². The first-order chi connectivity index (χ1) is 7.74. The zero-order valence-electron chi connectivity index (χ0n) is 8.57. The molecular weight excluding hydrogens is 274 g/mol. The van der Waals surface area contributed by atoms with Crippen LogP contribution in [0.15, 0.2) is 16.6 Å². The van der Waals surface area contributed by atoms with Crippen LogP contribution in [0.5, 0.6) is 17.2 Å². The first-order valence-electron chi connectivity index (χ1n) is 4.91. The van der Waals surface area contributed by atoms with E-state index in [0.29, 0.717) is 41.3 Å². The molecule has 1 aliphatic heterocycles. The number of fused-ring (bicyclic) bond motifs is 1. The Bertz CT molecular complexity index is 432. The van der Waals surface area contributed by atoms with E-state index in [4.69, 9.17) is 15.2 Å². The molecule has 1 aromatic rings. The average molecular weight is 286 g/mol. The monoisotopic (exact) mass is 285 g/mol. The van der Waals surface area contributed by atoms with Crippen molar-refractivity contribution >= 4 is 22.0 Å². The molecule has 0 aromatic heterocycles. The van der Waals surface area contributed by atoms with E-state index in [0.717, 1.165) is 0 Å². The largest absolute Gasteiger partial charge is 0.506 e. The molecule has 3 N–H and O–H groups in total. The van der Waals surface area contributed by atoms with E-state index in [1.165, 1.54) is 0 Å². The van der Waals surface area contributed by atoms with Crippen LogP contribution in [-0.4, -0.2) is 24.9 Å². The highest BCUT2D eigenvalue weighted by Crippen LogP contribution is 2.44. The molecule has 1 aromatic carbocycles. The van der Waals surface area contributed by atoms with Crippen LogP contribution in [0.2, 0.25) is 0 Å². The summed E-state index contributed by atoms with van der Waals surface area (Å²) >= 11 is 3.27. The van der Waals surface area contributed by atoms with Crippen LogP contribution in [0.25, 0.3) is 6.08 Å². The first-order valence-corrected chi connectivity index (χ1v) is 5.71. The molecule has 4 nitrogen and oxygen atoms in total. The summed E-state index contributed by atoms with van der Waals surface area (Å²) < 4.78 is 11.5. The van der Waals surface area contributed by atoms with Crippen LogP contribution in [-0.2, 0) is 0 Å². The van der Waals surface area contributed by atoms with Gasteiger partial charge in [-0.2, -0.15) is 0 Å². The summed E-state index contributed by atoms with van der Waals surface area (Å²) in [5, 5.41) is 9.91. The van der Waals surface area contributed by atoms with Gasteiger partial charge in [0.05, 0.1) is 10.0 Å². The van der Waals surface area contributed by atoms with Gasteiger partial charge in [-0.3, -0.25) is 0 Å². The Labute approximate surface area is 102 Å². The van der Waals surface area contributed by atoms with Crippen LogP contribution >= 0.6 is 15.9 Å². The molecule has 1 aliphatic rings. The Kier molecular flexibility index (Phi) is 3.36. The number of phenols is 1. The molecule has 0 spiro atoms. The van der Waals surface area contributed by atoms with E-state index in [9.17, 15) is 5.11 Å². The summed E-state index contributed by atoms with van der Waals surface area (Å²) in [4.78, 5) is 0. The zero-order valence-corrected chi connectivity index (χ0v) is 10.2. The number of halogens is 1. The highest BCUT2D eigenvalue weighted by Gasteiger charge is 2.20. The van der Waals surface area contributed by atoms with Crippen LogP contribution in [0.4, 0.5) is 0 Å². The second-order valence-electron chi connectivity index (χ2n) is 3.28. The van der Waals surface area contributed by atoms with Crippen LogP contribution < -0.4 is 15.2 Å². The SMILES string of the molecule is NC/C=C/c1c(O)c(Br)cc2c1OCCO2. The third-order valence-electron chi connectivity index (χ3n) is 2.22. The van der Waals surface area contributed by atoms with Crippen LogP contribution in [0, 0.1) is 0 Å². The number of rotatable bonds is 2. The van der Waals surface area contributed by atoms with Gasteiger partial charge in [-0.15, -0.1) is 0 Å². The molecule has 0 saturated heterocycles. The van der Waals surface area contributed by atoms with E-state index < -0.39 is 0 Å². The molecule has 1 heterocycles. The van der Waals surface area contributed by atoms with Crippen molar-refractivity contribution in [3.8, 4) is 17.2 Å². The van der Waals surface area contributed by atoms with Gasteiger partial charge in [-0.05, 0) is 15.9 Å². The molecule has 0 unspecified atom stereocenters. The third kappa shape index (κ3) is 2.01. The fourth-order valence-electron chi connectivity index (χ4n) is 1.51. The molecule has 0 saturated carbocycles. The number of aromatic hydroxyl groups is 1. The summed E-state index contributed by atoms with van der Waals surface area (Å²) in [6.45, 7) is 1.41. The molecule has 0 amide bonds. The summed E-state index contributed by atoms with van der Waals surface area (Å²) in [6, 6.07) is 1.70. The van der Waals surface area contributed by atoms with Crippen molar-refractivity contribution in [2.45, 2.75) is 0 Å². The van der Waals surface area contributed by atoms with E-state index in [1.807, 2.05) is 0 Å². The number of hydrogen-bond acceptors (Lipinski definition) is 4. The van der Waals surface area contributed by atoms with Crippen LogP contribution in [0.3, 0.4) is 0 Å². The van der Waals surface area contributed by atoms with Crippen LogP contribution in [0.1, 0.15) is 5.56 Å². The van der Waals surface area contributed by atoms with Gasteiger partial charge in [-0.25, -0.2) is 0 Å². The van der Waals surface area contributed by atoms with E-state index in [2.05, 4.69) is 15.9 Å². The van der Waals surface area contributed by atoms with Gasteiger partial charge in [0.2, 0.25) is 0 Å². The molecule has 16 heavy (non-hydrogen) atoms. The van der Waals surface area contributed by atoms with E-state index in [-0.39, 0.29) is 5.75 Å². The van der Waals surface area contributed by atoms with Gasteiger partial charge in [0.25, 0.3) is 0 Å². The number of ether oxygens (including phenoxy) is 2. The van der Waals surface area contributed by atoms with E-state index >= 15 is 0 Å². The maximum atomic E-state index is 9.91. The lowest BCUT2D eigenvalue weighted by Crippen LogP contribution is -2.16. The molecule has 0 atom stereocenters. The molecule has 86 valence electrons. The van der Waals surface area contributed by atoms with Crippen molar-refractivity contribution in [2.75, 3.05) is 19.8 Å². The molecule has 2 rings (SSSR count). The van der Waals surface area contributed by atoms with Gasteiger partial charge < -0.3 is 20.3 Å². The fourth-order valence-corrected chi connectivity index (χ4v) is 1.93. The van der Waals surface area contributed by atoms with Gasteiger partial charge in [0.15, 0.2) is 11.5 Å². The van der Waals surface area contributed by atoms with Crippen molar-refractivity contribution < 1.29 is 14.6 Å². The van der Waals surface area contributed by atoms with Crippen molar-refractivity contribution in [1.29, 1.82) is 0 Å². The van der Waals surface area contributed by atoms with Crippen molar-refractivity contribution in [1.82, 2.24) is 0 Å². The number of benzene rings is 1. The Morgan fingerprint density at radius 2 is 2.19 bits per heavy atom. The first kappa shape index (κ1) is 11.3. The maximum absolute atomic E-state index is 9.91. The second-order valence-corrected chi connectivity index (χ2v) is 4.14. The van der Waals surface area contributed by atoms with E-state index in [1.54, 1.807) is 18.2 Å². The normalized spacial score (nSPS) is 14.4. The lowest BCUT2D eigenvalue weighted by atomic mass is 10.1. The number of phenolic OH excluding ortho intramolecular Hbond substituents is 1. The molecule has 0 fully saturated rings. The standard InChI is InChI=1S/C11H12BrNO3/c12-8-6-9-11(16-5-4-15-9)7(10(8)14)2-1-3-13/h1-2,6,14H,3-5,13H2/b2-1+. The number of nitrogens with two attached hydrogens (primary N) is 1. The fraction of sp³-hybridized carbons (Fsp3) is 0.273. The predicted octanol–water partition coefficient (Wildman–Crippen LogP) is 1.90. The Morgan fingerprint density at radius 1 is 1.44 bits per heavy atom. The highest BCUT2D eigenvalue weighted by atomic mass is 79.9. The molecule has 0 bridgehead atoms. The summed E-state index contributed by atoms with van der Waals surface area (Å²) in [5.41, 5.74) is 5.98. The summed E-state index contributed by atoms with van der Waals surface area (Å²) in [5.74, 6) is 1.33. The minimum atomic E-state index is 0.133. The third-order valence-corrected chi connectivity index (χ3v) is 2.82. The topological polar surface area (TPSA) is 64.7 Å². The van der Waals surface area contributed by atoms with Gasteiger partial charge in [-0.1, -0.05) is 12.2 Å². The lowest BCUT2D eigenvalue weighted by Gasteiger charge is -2.21. The Balaban J connectivity index is 2.54. The molecule has 5 heteroatoms. The Morgan fingerprint density at radius 3 is 2.94 bits per heavy atom. The minimum Gasteiger partial charge on any atom is -0.506 e. The Hall–Kier alpha value is -1.20. The minimum absolute atomic E-state index is 0.133. The smallest absolute Gasteiger partial charge is 0.172 e. The summed E-state index contributed by atoms with van der Waals surface area (Å²) in [6.07, 6.45) is 3.48.